The van der Waals surface area contributed by atoms with E-state index in [-0.39, 0.29) is 0 Å². The molecule has 3 nitrogen and oxygen atoms in total. The Hall–Kier alpha value is -0.120. The van der Waals surface area contributed by atoms with Crippen molar-refractivity contribution in [3.05, 3.63) is 0 Å². The van der Waals surface area contributed by atoms with Crippen LogP contribution in [0.5, 0.6) is 0 Å². The molecule has 0 aromatic carbocycles. The SMILES string of the molecule is CCCN1CCN(C([O])CC)CC1. The molecule has 77 valence electrons. The van der Waals surface area contributed by atoms with Crippen LogP contribution in [0, 0.1) is 0 Å². The molecule has 0 aromatic rings. The molecule has 1 rings (SSSR count). The maximum Gasteiger partial charge on any atom is 0.146 e. The van der Waals surface area contributed by atoms with E-state index in [1.54, 1.807) is 0 Å². The van der Waals surface area contributed by atoms with Crippen LogP contribution in [0.2, 0.25) is 0 Å². The first-order valence-corrected chi connectivity index (χ1v) is 5.40. The molecule has 0 spiro atoms. The van der Waals surface area contributed by atoms with Crippen LogP contribution in [0.3, 0.4) is 0 Å². The highest BCUT2D eigenvalue weighted by Crippen LogP contribution is 2.07. The first kappa shape index (κ1) is 11.0. The van der Waals surface area contributed by atoms with Gasteiger partial charge in [0.15, 0.2) is 0 Å². The van der Waals surface area contributed by atoms with E-state index in [9.17, 15) is 5.11 Å². The Morgan fingerprint density at radius 1 is 1.15 bits per heavy atom. The van der Waals surface area contributed by atoms with E-state index in [4.69, 9.17) is 0 Å². The van der Waals surface area contributed by atoms with Crippen LogP contribution in [0.1, 0.15) is 26.7 Å². The monoisotopic (exact) mass is 185 g/mol. The van der Waals surface area contributed by atoms with Gasteiger partial charge in [0.05, 0.1) is 0 Å². The van der Waals surface area contributed by atoms with Crippen molar-refractivity contribution in [3.63, 3.8) is 0 Å². The van der Waals surface area contributed by atoms with Gasteiger partial charge in [-0.25, -0.2) is 5.11 Å². The lowest BCUT2D eigenvalue weighted by Crippen LogP contribution is -2.49. The van der Waals surface area contributed by atoms with Crippen molar-refractivity contribution in [1.82, 2.24) is 9.80 Å². The second-order valence-electron chi connectivity index (χ2n) is 3.74. The van der Waals surface area contributed by atoms with Crippen molar-refractivity contribution in [2.24, 2.45) is 0 Å². The predicted molar refractivity (Wildman–Crippen MR) is 53.1 cm³/mol. The molecule has 0 saturated carbocycles. The summed E-state index contributed by atoms with van der Waals surface area (Å²) in [6.45, 7) is 9.43. The molecule has 1 fully saturated rings. The van der Waals surface area contributed by atoms with Gasteiger partial charge in [-0.05, 0) is 19.4 Å². The average Bonchev–Trinajstić information content (AvgIpc) is 2.18. The Balaban J connectivity index is 2.22. The van der Waals surface area contributed by atoms with E-state index >= 15 is 0 Å². The average molecular weight is 185 g/mol. The fourth-order valence-corrected chi connectivity index (χ4v) is 1.85. The summed E-state index contributed by atoms with van der Waals surface area (Å²) < 4.78 is 0. The van der Waals surface area contributed by atoms with E-state index in [1.807, 2.05) is 6.92 Å². The molecule has 1 saturated heterocycles. The van der Waals surface area contributed by atoms with Crippen LogP contribution in [-0.2, 0) is 5.11 Å². The van der Waals surface area contributed by atoms with Crippen molar-refractivity contribution < 1.29 is 5.11 Å². The van der Waals surface area contributed by atoms with Crippen LogP contribution >= 0.6 is 0 Å². The standard InChI is InChI=1S/C10H21N2O/c1-3-5-11-6-8-12(9-7-11)10(13)4-2/h10H,3-9H2,1-2H3. The smallest absolute Gasteiger partial charge is 0.146 e. The minimum Gasteiger partial charge on any atom is -0.301 e. The van der Waals surface area contributed by atoms with Gasteiger partial charge in [-0.1, -0.05) is 13.8 Å². The number of nitrogens with zero attached hydrogens (tertiary/aromatic N) is 2. The van der Waals surface area contributed by atoms with Gasteiger partial charge < -0.3 is 4.90 Å². The third-order valence-electron chi connectivity index (χ3n) is 2.70. The van der Waals surface area contributed by atoms with Gasteiger partial charge in [-0.3, -0.25) is 4.90 Å². The maximum absolute atomic E-state index is 11.4. The molecule has 1 radical (unpaired) electrons. The predicted octanol–water partition coefficient (Wildman–Crippen LogP) is 1.18. The highest BCUT2D eigenvalue weighted by molar-refractivity contribution is 4.72. The first-order chi connectivity index (χ1) is 6.27. The molecule has 13 heavy (non-hydrogen) atoms. The summed E-state index contributed by atoms with van der Waals surface area (Å²) >= 11 is 0. The molecule has 0 amide bonds. The van der Waals surface area contributed by atoms with Gasteiger partial charge >= 0.3 is 0 Å². The number of piperazine rings is 1. The summed E-state index contributed by atoms with van der Waals surface area (Å²) in [6, 6.07) is 0. The van der Waals surface area contributed by atoms with Crippen molar-refractivity contribution in [2.75, 3.05) is 32.7 Å². The van der Waals surface area contributed by atoms with Gasteiger partial charge in [-0.2, -0.15) is 0 Å². The lowest BCUT2D eigenvalue weighted by molar-refractivity contribution is -0.0694. The molecular formula is C10H21N2O. The summed E-state index contributed by atoms with van der Waals surface area (Å²) in [6.07, 6.45) is 1.48. The number of hydrogen-bond donors (Lipinski definition) is 0. The fourth-order valence-electron chi connectivity index (χ4n) is 1.85. The van der Waals surface area contributed by atoms with Crippen LogP contribution < -0.4 is 0 Å². The minimum atomic E-state index is -0.469. The summed E-state index contributed by atoms with van der Waals surface area (Å²) in [5, 5.41) is 11.4. The topological polar surface area (TPSA) is 26.4 Å². The van der Waals surface area contributed by atoms with E-state index < -0.39 is 6.23 Å². The zero-order valence-corrected chi connectivity index (χ0v) is 8.83. The largest absolute Gasteiger partial charge is 0.301 e. The van der Waals surface area contributed by atoms with Gasteiger partial charge in [-0.15, -0.1) is 0 Å². The van der Waals surface area contributed by atoms with E-state index in [2.05, 4.69) is 16.7 Å². The Morgan fingerprint density at radius 2 is 1.77 bits per heavy atom. The lowest BCUT2D eigenvalue weighted by atomic mass is 10.2. The number of rotatable bonds is 4. The second kappa shape index (κ2) is 5.58. The first-order valence-electron chi connectivity index (χ1n) is 5.40. The molecule has 0 aliphatic carbocycles. The molecule has 0 N–H and O–H groups in total. The van der Waals surface area contributed by atoms with Gasteiger partial charge in [0, 0.05) is 26.2 Å². The Morgan fingerprint density at radius 3 is 2.23 bits per heavy atom. The normalized spacial score (nSPS) is 23.3. The van der Waals surface area contributed by atoms with Gasteiger partial charge in [0.1, 0.15) is 6.23 Å². The molecule has 0 aromatic heterocycles. The van der Waals surface area contributed by atoms with Crippen molar-refractivity contribution in [3.8, 4) is 0 Å². The van der Waals surface area contributed by atoms with Crippen molar-refractivity contribution >= 4 is 0 Å². The van der Waals surface area contributed by atoms with Crippen LogP contribution in [0.4, 0.5) is 0 Å². The fraction of sp³-hybridized carbons (Fsp3) is 1.00. The molecule has 1 aliphatic heterocycles. The summed E-state index contributed by atoms with van der Waals surface area (Å²) in [4.78, 5) is 4.50. The summed E-state index contributed by atoms with van der Waals surface area (Å²) in [5.41, 5.74) is 0. The van der Waals surface area contributed by atoms with Crippen LogP contribution in [-0.4, -0.2) is 48.8 Å². The molecule has 1 heterocycles. The van der Waals surface area contributed by atoms with Crippen LogP contribution in [0.15, 0.2) is 0 Å². The van der Waals surface area contributed by atoms with E-state index in [1.165, 1.54) is 13.0 Å². The molecule has 1 atom stereocenters. The summed E-state index contributed by atoms with van der Waals surface area (Å²) in [5.74, 6) is 0. The highest BCUT2D eigenvalue weighted by atomic mass is 16.3. The molecule has 0 bridgehead atoms. The minimum absolute atomic E-state index is 0.469. The summed E-state index contributed by atoms with van der Waals surface area (Å²) in [7, 11) is 0. The molecule has 1 aliphatic rings. The Kier molecular flexibility index (Phi) is 4.70. The Labute approximate surface area is 81.3 Å². The van der Waals surface area contributed by atoms with E-state index in [0.717, 1.165) is 32.6 Å². The zero-order chi connectivity index (χ0) is 9.68. The lowest BCUT2D eigenvalue weighted by Gasteiger charge is -2.35. The third kappa shape index (κ3) is 3.25. The van der Waals surface area contributed by atoms with Crippen LogP contribution in [0.25, 0.3) is 0 Å². The Bertz CT molecular complexity index is 133. The van der Waals surface area contributed by atoms with Crippen molar-refractivity contribution in [1.29, 1.82) is 0 Å². The maximum atomic E-state index is 11.4. The molecule has 1 unspecified atom stereocenters. The second-order valence-corrected chi connectivity index (χ2v) is 3.74. The number of hydrogen-bond acceptors (Lipinski definition) is 2. The van der Waals surface area contributed by atoms with Gasteiger partial charge in [0.25, 0.3) is 0 Å². The quantitative estimate of drug-likeness (QED) is 0.657. The van der Waals surface area contributed by atoms with E-state index in [0.29, 0.717) is 0 Å². The zero-order valence-electron chi connectivity index (χ0n) is 8.83. The van der Waals surface area contributed by atoms with Crippen molar-refractivity contribution in [2.45, 2.75) is 32.9 Å². The van der Waals surface area contributed by atoms with Gasteiger partial charge in [0.2, 0.25) is 0 Å². The highest BCUT2D eigenvalue weighted by Gasteiger charge is 2.21. The third-order valence-corrected chi connectivity index (χ3v) is 2.70. The molecule has 3 heteroatoms. The molecular weight excluding hydrogens is 164 g/mol.